The van der Waals surface area contributed by atoms with Gasteiger partial charge in [0.1, 0.15) is 5.69 Å². The summed E-state index contributed by atoms with van der Waals surface area (Å²) in [6, 6.07) is 4.44. The van der Waals surface area contributed by atoms with E-state index in [4.69, 9.17) is 0 Å². The fourth-order valence-corrected chi connectivity index (χ4v) is 3.31. The molecule has 1 fully saturated rings. The Kier molecular flexibility index (Phi) is 4.04. The molecule has 1 aliphatic heterocycles. The fourth-order valence-electron chi connectivity index (χ4n) is 3.31. The molecule has 0 spiro atoms. The molecule has 0 radical (unpaired) electrons. The van der Waals surface area contributed by atoms with E-state index in [0.29, 0.717) is 6.04 Å². The molecule has 0 bridgehead atoms. The lowest BCUT2D eigenvalue weighted by atomic mass is 10.1. The number of imidazole rings is 1. The van der Waals surface area contributed by atoms with E-state index < -0.39 is 0 Å². The van der Waals surface area contributed by atoms with Crippen molar-refractivity contribution in [1.82, 2.24) is 29.4 Å². The maximum Gasteiger partial charge on any atom is 0.159 e. The zero-order valence-corrected chi connectivity index (χ0v) is 13.7. The van der Waals surface area contributed by atoms with Gasteiger partial charge in [-0.25, -0.2) is 9.97 Å². The average molecular weight is 320 g/mol. The number of pyridine rings is 1. The molecule has 6 nitrogen and oxygen atoms in total. The lowest BCUT2D eigenvalue weighted by Gasteiger charge is -2.23. The van der Waals surface area contributed by atoms with E-state index in [1.54, 1.807) is 6.20 Å². The molecular weight excluding hydrogens is 300 g/mol. The maximum atomic E-state index is 4.68. The fraction of sp³-hybridized carbons (Fsp3) is 0.333. The largest absolute Gasteiger partial charge is 0.333 e. The van der Waals surface area contributed by atoms with E-state index in [2.05, 4.69) is 30.9 Å². The highest BCUT2D eigenvalue weighted by Crippen LogP contribution is 2.32. The van der Waals surface area contributed by atoms with Gasteiger partial charge in [-0.3, -0.25) is 14.9 Å². The van der Waals surface area contributed by atoms with Crippen LogP contribution < -0.4 is 0 Å². The monoisotopic (exact) mass is 320 g/mol. The molecule has 122 valence electrons. The molecule has 0 N–H and O–H groups in total. The molecule has 1 atom stereocenters. The summed E-state index contributed by atoms with van der Waals surface area (Å²) in [5.74, 6) is 0.840. The molecule has 3 aromatic rings. The van der Waals surface area contributed by atoms with Crippen molar-refractivity contribution in [2.75, 3.05) is 6.54 Å². The summed E-state index contributed by atoms with van der Waals surface area (Å²) in [4.78, 5) is 20.3. The molecule has 4 heterocycles. The minimum absolute atomic E-state index is 0.327. The van der Waals surface area contributed by atoms with E-state index in [-0.39, 0.29) is 0 Å². The van der Waals surface area contributed by atoms with Crippen molar-refractivity contribution in [3.63, 3.8) is 0 Å². The number of hydrogen-bond acceptors (Lipinski definition) is 5. The zero-order valence-electron chi connectivity index (χ0n) is 13.7. The van der Waals surface area contributed by atoms with Crippen LogP contribution in [0.4, 0.5) is 0 Å². The molecule has 1 aliphatic rings. The molecule has 1 unspecified atom stereocenters. The first-order valence-electron chi connectivity index (χ1n) is 8.24. The predicted molar refractivity (Wildman–Crippen MR) is 90.9 cm³/mol. The van der Waals surface area contributed by atoms with E-state index in [1.807, 2.05) is 48.7 Å². The Morgan fingerprint density at radius 1 is 1.12 bits per heavy atom. The van der Waals surface area contributed by atoms with Crippen LogP contribution in [0.15, 0.2) is 49.3 Å². The molecule has 4 rings (SSSR count). The Bertz CT molecular complexity index is 796. The summed E-state index contributed by atoms with van der Waals surface area (Å²) < 4.78 is 1.95. The van der Waals surface area contributed by atoms with Crippen LogP contribution in [-0.2, 0) is 13.6 Å². The van der Waals surface area contributed by atoms with Crippen molar-refractivity contribution in [2.24, 2.45) is 7.05 Å². The van der Waals surface area contributed by atoms with Gasteiger partial charge >= 0.3 is 0 Å². The molecular formula is C18H20N6. The van der Waals surface area contributed by atoms with Gasteiger partial charge < -0.3 is 4.57 Å². The van der Waals surface area contributed by atoms with Crippen LogP contribution >= 0.6 is 0 Å². The van der Waals surface area contributed by atoms with E-state index in [0.717, 1.165) is 36.7 Å². The summed E-state index contributed by atoms with van der Waals surface area (Å²) in [6.45, 7) is 1.99. The highest BCUT2D eigenvalue weighted by atomic mass is 15.2. The smallest absolute Gasteiger partial charge is 0.159 e. The Labute approximate surface area is 141 Å². The van der Waals surface area contributed by atoms with Gasteiger partial charge in [-0.1, -0.05) is 6.07 Å². The van der Waals surface area contributed by atoms with Crippen LogP contribution in [-0.4, -0.2) is 35.9 Å². The van der Waals surface area contributed by atoms with Crippen LogP contribution in [0.2, 0.25) is 0 Å². The van der Waals surface area contributed by atoms with Crippen LogP contribution in [0, 0.1) is 0 Å². The topological polar surface area (TPSA) is 59.7 Å². The van der Waals surface area contributed by atoms with Crippen LogP contribution in [0.5, 0.6) is 0 Å². The van der Waals surface area contributed by atoms with Gasteiger partial charge in [-0.2, -0.15) is 0 Å². The number of hydrogen-bond donors (Lipinski definition) is 0. The first kappa shape index (κ1) is 15.0. The van der Waals surface area contributed by atoms with Gasteiger partial charge in [0.15, 0.2) is 5.82 Å². The second-order valence-electron chi connectivity index (χ2n) is 6.18. The Hall–Kier alpha value is -2.60. The third kappa shape index (κ3) is 2.92. The number of nitrogens with zero attached hydrogens (tertiary/aromatic N) is 6. The van der Waals surface area contributed by atoms with E-state index in [1.165, 1.54) is 12.0 Å². The van der Waals surface area contributed by atoms with Gasteiger partial charge in [-0.05, 0) is 31.0 Å². The molecule has 1 saturated heterocycles. The SMILES string of the molecule is Cn1ccnc1-c1cnc(C2CCCN2Cc2cccnc2)cn1. The minimum Gasteiger partial charge on any atom is -0.333 e. The number of aromatic nitrogens is 5. The van der Waals surface area contributed by atoms with Gasteiger partial charge in [0.05, 0.1) is 24.1 Å². The highest BCUT2D eigenvalue weighted by Gasteiger charge is 2.27. The lowest BCUT2D eigenvalue weighted by Crippen LogP contribution is -2.23. The Balaban J connectivity index is 1.53. The third-order valence-corrected chi connectivity index (χ3v) is 4.54. The lowest BCUT2D eigenvalue weighted by molar-refractivity contribution is 0.243. The second-order valence-corrected chi connectivity index (χ2v) is 6.18. The summed E-state index contributed by atoms with van der Waals surface area (Å²) >= 11 is 0. The highest BCUT2D eigenvalue weighted by molar-refractivity contribution is 5.47. The van der Waals surface area contributed by atoms with Crippen molar-refractivity contribution in [3.8, 4) is 11.5 Å². The normalized spacial score (nSPS) is 18.1. The van der Waals surface area contributed by atoms with Crippen molar-refractivity contribution in [3.05, 3.63) is 60.6 Å². The number of likely N-dealkylation sites (tertiary alicyclic amines) is 1. The average Bonchev–Trinajstić information content (AvgIpc) is 3.25. The predicted octanol–water partition coefficient (Wildman–Crippen LogP) is 2.61. The minimum atomic E-state index is 0.327. The van der Waals surface area contributed by atoms with Crippen molar-refractivity contribution < 1.29 is 0 Å². The summed E-state index contributed by atoms with van der Waals surface area (Å²) in [7, 11) is 1.96. The maximum absolute atomic E-state index is 4.68. The molecule has 0 saturated carbocycles. The molecule has 0 aromatic carbocycles. The van der Waals surface area contributed by atoms with Gasteiger partial charge in [0.2, 0.25) is 0 Å². The standard InChI is InChI=1S/C18H20N6/c1-23-9-7-20-18(23)16-12-21-15(11-22-16)17-5-3-8-24(17)13-14-4-2-6-19-10-14/h2,4,6-7,9-12,17H,3,5,8,13H2,1H3. The van der Waals surface area contributed by atoms with Crippen LogP contribution in [0.25, 0.3) is 11.5 Å². The first-order valence-corrected chi connectivity index (χ1v) is 8.24. The number of rotatable bonds is 4. The summed E-state index contributed by atoms with van der Waals surface area (Å²) in [5, 5.41) is 0. The molecule has 0 amide bonds. The molecule has 6 heteroatoms. The van der Waals surface area contributed by atoms with Gasteiger partial charge in [0.25, 0.3) is 0 Å². The van der Waals surface area contributed by atoms with Crippen LogP contribution in [0.1, 0.15) is 30.1 Å². The van der Waals surface area contributed by atoms with Gasteiger partial charge in [-0.15, -0.1) is 0 Å². The molecule has 0 aliphatic carbocycles. The first-order chi connectivity index (χ1) is 11.8. The Morgan fingerprint density at radius 3 is 2.79 bits per heavy atom. The number of aryl methyl sites for hydroxylation is 1. The molecule has 24 heavy (non-hydrogen) atoms. The summed E-state index contributed by atoms with van der Waals surface area (Å²) in [6.07, 6.45) is 13.5. The molecule has 3 aromatic heterocycles. The quantitative estimate of drug-likeness (QED) is 0.739. The second kappa shape index (κ2) is 6.49. The van der Waals surface area contributed by atoms with E-state index >= 15 is 0 Å². The van der Waals surface area contributed by atoms with Crippen molar-refractivity contribution in [2.45, 2.75) is 25.4 Å². The van der Waals surface area contributed by atoms with Crippen molar-refractivity contribution >= 4 is 0 Å². The van der Waals surface area contributed by atoms with Gasteiger partial charge in [0, 0.05) is 38.4 Å². The van der Waals surface area contributed by atoms with Crippen molar-refractivity contribution in [1.29, 1.82) is 0 Å². The third-order valence-electron chi connectivity index (χ3n) is 4.54. The van der Waals surface area contributed by atoms with Crippen LogP contribution in [0.3, 0.4) is 0 Å². The zero-order chi connectivity index (χ0) is 16.4. The Morgan fingerprint density at radius 2 is 2.08 bits per heavy atom. The van der Waals surface area contributed by atoms with E-state index in [9.17, 15) is 0 Å². The summed E-state index contributed by atoms with van der Waals surface area (Å²) in [5.41, 5.74) is 3.08.